The Morgan fingerprint density at radius 2 is 1.02 bits per heavy atom. The van der Waals surface area contributed by atoms with Crippen molar-refractivity contribution in [2.45, 2.75) is 65.5 Å². The third-order valence-electron chi connectivity index (χ3n) is 9.69. The fourth-order valence-corrected chi connectivity index (χ4v) is 7.57. The van der Waals surface area contributed by atoms with Crippen molar-refractivity contribution in [2.24, 2.45) is 0 Å². The van der Waals surface area contributed by atoms with Crippen LogP contribution in [0.25, 0.3) is 43.1 Å². The van der Waals surface area contributed by atoms with Crippen LogP contribution in [0.5, 0.6) is 5.75 Å². The highest BCUT2D eigenvalue weighted by Gasteiger charge is 2.40. The Balaban J connectivity index is 1.62. The minimum Gasteiger partial charge on any atom is -0.480 e. The van der Waals surface area contributed by atoms with Gasteiger partial charge in [0.1, 0.15) is 12.4 Å². The Bertz CT molecular complexity index is 2110. The van der Waals surface area contributed by atoms with Gasteiger partial charge < -0.3 is 4.74 Å². The van der Waals surface area contributed by atoms with Crippen LogP contribution in [0.15, 0.2) is 42.5 Å². The number of nitrogens with zero attached hydrogens (tertiary/aromatic N) is 2. The lowest BCUT2D eigenvalue weighted by atomic mass is 9.81. The summed E-state index contributed by atoms with van der Waals surface area (Å²) in [7, 11) is 0. The first-order chi connectivity index (χ1) is 21.3. The molecule has 0 atom stereocenters. The molecular formula is C37H32N2O5. The van der Waals surface area contributed by atoms with Crippen LogP contribution < -0.4 is 4.74 Å². The third-order valence-corrected chi connectivity index (χ3v) is 9.69. The Morgan fingerprint density at radius 3 is 1.50 bits per heavy atom. The van der Waals surface area contributed by atoms with Gasteiger partial charge in [0.25, 0.3) is 23.6 Å². The highest BCUT2D eigenvalue weighted by atomic mass is 16.5. The van der Waals surface area contributed by atoms with Crippen molar-refractivity contribution in [3.63, 3.8) is 0 Å². The van der Waals surface area contributed by atoms with E-state index in [4.69, 9.17) is 11.2 Å². The average Bonchev–Trinajstić information content (AvgIpc) is 3.04. The van der Waals surface area contributed by atoms with Crippen molar-refractivity contribution in [2.75, 3.05) is 6.61 Å². The van der Waals surface area contributed by atoms with Crippen LogP contribution in [-0.2, 0) is 0 Å². The molecule has 4 amide bonds. The molecule has 0 aromatic heterocycles. The molecule has 0 radical (unpaired) electrons. The molecule has 44 heavy (non-hydrogen) atoms. The fourth-order valence-electron chi connectivity index (χ4n) is 7.57. The molecule has 0 aliphatic carbocycles. The Hall–Kier alpha value is -4.96. The molecule has 5 aromatic carbocycles. The number of hydrogen-bond acceptors (Lipinski definition) is 5. The van der Waals surface area contributed by atoms with Crippen molar-refractivity contribution in [3.8, 4) is 18.1 Å². The predicted octanol–water partition coefficient (Wildman–Crippen LogP) is 7.32. The smallest absolute Gasteiger partial charge is 0.261 e. The molecular weight excluding hydrogens is 552 g/mol. The van der Waals surface area contributed by atoms with Gasteiger partial charge in [0.05, 0.1) is 5.56 Å². The van der Waals surface area contributed by atoms with Gasteiger partial charge in [0.15, 0.2) is 0 Å². The Morgan fingerprint density at radius 1 is 0.591 bits per heavy atom. The molecule has 0 fully saturated rings. The number of hydrogen-bond donors (Lipinski definition) is 0. The van der Waals surface area contributed by atoms with Gasteiger partial charge in [-0.25, -0.2) is 0 Å². The van der Waals surface area contributed by atoms with Gasteiger partial charge >= 0.3 is 0 Å². The molecule has 0 unspecified atom stereocenters. The first-order valence-corrected chi connectivity index (χ1v) is 15.4. The van der Waals surface area contributed by atoms with Crippen molar-refractivity contribution in [1.82, 2.24) is 9.80 Å². The van der Waals surface area contributed by atoms with Gasteiger partial charge in [0, 0.05) is 50.3 Å². The molecule has 7 nitrogen and oxygen atoms in total. The lowest BCUT2D eigenvalue weighted by Gasteiger charge is -2.34. The minimum atomic E-state index is -0.348. The van der Waals surface area contributed by atoms with Gasteiger partial charge in [-0.1, -0.05) is 51.8 Å². The maximum Gasteiger partial charge on any atom is 0.261 e. The van der Waals surface area contributed by atoms with E-state index in [9.17, 15) is 19.2 Å². The van der Waals surface area contributed by atoms with Crippen LogP contribution in [-0.4, -0.2) is 52.1 Å². The van der Waals surface area contributed by atoms with E-state index in [0.717, 1.165) is 26.9 Å². The van der Waals surface area contributed by atoms with E-state index >= 15 is 0 Å². The molecule has 0 N–H and O–H groups in total. The zero-order valence-electron chi connectivity index (χ0n) is 25.2. The van der Waals surface area contributed by atoms with E-state index in [0.29, 0.717) is 69.8 Å². The summed E-state index contributed by atoms with van der Waals surface area (Å²) in [5.74, 6) is 1.71. The lowest BCUT2D eigenvalue weighted by molar-refractivity contribution is 0.0514. The first-order valence-electron chi connectivity index (χ1n) is 15.4. The van der Waals surface area contributed by atoms with Crippen molar-refractivity contribution < 1.29 is 23.9 Å². The minimum absolute atomic E-state index is 0.0220. The standard InChI is InChI=1S/C37H32N2O5/c1-6-17-44-28-18-27-31-26(36(42)39(37(27)43)20(9-4)10-5)15-12-22-21-11-14-24-30-25(16-13-23(29(21)30)32(28)33(22)31)35(41)38(34(24)40)19(7-2)8-3/h1,11-16,18-20H,7-10,17H2,2-5H3. The number of rotatable bonds is 8. The number of benzene rings is 5. The maximum atomic E-state index is 14.0. The van der Waals surface area contributed by atoms with E-state index in [1.807, 2.05) is 45.9 Å². The molecule has 220 valence electrons. The molecule has 7 heteroatoms. The van der Waals surface area contributed by atoms with Gasteiger partial charge in [0.2, 0.25) is 0 Å². The van der Waals surface area contributed by atoms with Crippen molar-refractivity contribution >= 4 is 66.7 Å². The molecule has 2 aliphatic rings. The molecule has 2 heterocycles. The molecule has 0 saturated heterocycles. The summed E-state index contributed by atoms with van der Waals surface area (Å²) in [5.41, 5.74) is 1.84. The fraction of sp³-hybridized carbons (Fsp3) is 0.297. The number of imide groups is 2. The second-order valence-corrected chi connectivity index (χ2v) is 11.7. The highest BCUT2D eigenvalue weighted by molar-refractivity contribution is 6.42. The van der Waals surface area contributed by atoms with E-state index in [2.05, 4.69) is 5.92 Å². The average molecular weight is 585 g/mol. The largest absolute Gasteiger partial charge is 0.480 e. The van der Waals surface area contributed by atoms with Crippen LogP contribution in [0.1, 0.15) is 94.8 Å². The van der Waals surface area contributed by atoms with Crippen LogP contribution in [0.2, 0.25) is 0 Å². The number of carbonyl (C=O) groups excluding carboxylic acids is 4. The summed E-state index contributed by atoms with van der Waals surface area (Å²) in [6.45, 7) is 7.89. The predicted molar refractivity (Wildman–Crippen MR) is 172 cm³/mol. The summed E-state index contributed by atoms with van der Waals surface area (Å²) in [4.78, 5) is 58.5. The second-order valence-electron chi connectivity index (χ2n) is 11.7. The second kappa shape index (κ2) is 10.1. The third kappa shape index (κ3) is 3.45. The van der Waals surface area contributed by atoms with Gasteiger partial charge in [-0.05, 0) is 71.5 Å². The Kier molecular flexibility index (Phi) is 6.36. The van der Waals surface area contributed by atoms with Crippen molar-refractivity contribution in [1.29, 1.82) is 0 Å². The van der Waals surface area contributed by atoms with E-state index in [1.165, 1.54) is 9.80 Å². The summed E-state index contributed by atoms with van der Waals surface area (Å²) >= 11 is 0. The highest BCUT2D eigenvalue weighted by Crippen LogP contribution is 2.49. The maximum absolute atomic E-state index is 14.0. The summed E-state index contributed by atoms with van der Waals surface area (Å²) in [5, 5.41) is 5.83. The number of carbonyl (C=O) groups is 4. The SMILES string of the molecule is C#CCOc1cc2c3c(ccc4c5ccc6c7c(ccc(c1c34)c75)C(=O)N(C(CC)CC)C6=O)C(=O)N(C(CC)CC)C2=O. The number of terminal acetylenes is 1. The van der Waals surface area contributed by atoms with Gasteiger partial charge in [-0.3, -0.25) is 29.0 Å². The number of fused-ring (bicyclic) bond motifs is 2. The monoisotopic (exact) mass is 584 g/mol. The van der Waals surface area contributed by atoms with Crippen LogP contribution >= 0.6 is 0 Å². The van der Waals surface area contributed by atoms with Crippen LogP contribution in [0, 0.1) is 12.3 Å². The van der Waals surface area contributed by atoms with Crippen LogP contribution in [0.4, 0.5) is 0 Å². The van der Waals surface area contributed by atoms with Crippen LogP contribution in [0.3, 0.4) is 0 Å². The Labute approximate surface area is 255 Å². The lowest BCUT2D eigenvalue weighted by Crippen LogP contribution is -2.46. The molecule has 0 bridgehead atoms. The quantitative estimate of drug-likeness (QED) is 0.0826. The van der Waals surface area contributed by atoms with E-state index < -0.39 is 0 Å². The molecule has 2 aliphatic heterocycles. The molecule has 0 saturated carbocycles. The molecule has 5 aromatic rings. The van der Waals surface area contributed by atoms with Gasteiger partial charge in [-0.2, -0.15) is 0 Å². The normalized spacial score (nSPS) is 14.8. The molecule has 7 rings (SSSR count). The first kappa shape index (κ1) is 27.8. The van der Waals surface area contributed by atoms with Gasteiger partial charge in [-0.15, -0.1) is 6.42 Å². The number of amides is 4. The van der Waals surface area contributed by atoms with E-state index in [1.54, 1.807) is 24.3 Å². The summed E-state index contributed by atoms with van der Waals surface area (Å²) in [6, 6.07) is 12.4. The zero-order chi connectivity index (χ0) is 31.0. The zero-order valence-corrected chi connectivity index (χ0v) is 25.2. The van der Waals surface area contributed by atoms with E-state index in [-0.39, 0.29) is 42.3 Å². The number of ether oxygens (including phenoxy) is 1. The summed E-state index contributed by atoms with van der Waals surface area (Å²) < 4.78 is 6.14. The topological polar surface area (TPSA) is 84.0 Å². The summed E-state index contributed by atoms with van der Waals surface area (Å²) in [6.07, 6.45) is 8.25. The molecule has 0 spiro atoms. The van der Waals surface area contributed by atoms with Crippen molar-refractivity contribution in [3.05, 3.63) is 64.7 Å².